The number of rotatable bonds is 8. The minimum absolute atomic E-state index is 0.177. The number of aromatic amines is 2. The van der Waals surface area contributed by atoms with Gasteiger partial charge in [0.1, 0.15) is 5.69 Å². The van der Waals surface area contributed by atoms with Crippen LogP contribution in [0.1, 0.15) is 25.0 Å². The molecule has 0 spiro atoms. The van der Waals surface area contributed by atoms with Crippen LogP contribution in [0.4, 0.5) is 0 Å². The van der Waals surface area contributed by atoms with E-state index in [4.69, 9.17) is 4.98 Å². The molecule has 6 heteroatoms. The second-order valence-corrected chi connectivity index (χ2v) is 9.87. The average molecular weight is 490 g/mol. The van der Waals surface area contributed by atoms with Crippen molar-refractivity contribution in [1.29, 1.82) is 0 Å². The number of hydrogen-bond acceptors (Lipinski definition) is 4. The van der Waals surface area contributed by atoms with Gasteiger partial charge < -0.3 is 15.4 Å². The molecule has 0 aliphatic carbocycles. The van der Waals surface area contributed by atoms with Crippen LogP contribution in [0.5, 0.6) is 0 Å². The van der Waals surface area contributed by atoms with Gasteiger partial charge in [-0.15, -0.1) is 0 Å². The number of para-hydroxylation sites is 1. The Hall–Kier alpha value is -4.00. The van der Waals surface area contributed by atoms with Crippen LogP contribution >= 0.6 is 0 Å². The van der Waals surface area contributed by atoms with Crippen LogP contribution in [0.2, 0.25) is 0 Å². The molecular weight excluding hydrogens is 458 g/mol. The Morgan fingerprint density at radius 1 is 0.946 bits per heavy atom. The Kier molecular flexibility index (Phi) is 6.20. The molecule has 0 bridgehead atoms. The van der Waals surface area contributed by atoms with E-state index in [1.165, 1.54) is 27.5 Å². The zero-order chi connectivity index (χ0) is 25.4. The first-order valence-corrected chi connectivity index (χ1v) is 12.9. The van der Waals surface area contributed by atoms with Crippen molar-refractivity contribution in [3.63, 3.8) is 0 Å². The SMILES string of the molecule is CCc1cc(-c2ccc3[nH]nc(-c4nc5c(CNCC(C)CO)cccc5[nH]4)c3c2)c2ccccc2c1. The van der Waals surface area contributed by atoms with E-state index in [1.807, 2.05) is 19.1 Å². The molecule has 186 valence electrons. The Labute approximate surface area is 215 Å². The fraction of sp³-hybridized carbons (Fsp3) is 0.226. The van der Waals surface area contributed by atoms with Crippen molar-refractivity contribution in [3.05, 3.63) is 83.9 Å². The van der Waals surface area contributed by atoms with E-state index in [9.17, 15) is 5.11 Å². The average Bonchev–Trinajstić information content (AvgIpc) is 3.56. The fourth-order valence-electron chi connectivity index (χ4n) is 5.04. The quantitative estimate of drug-likeness (QED) is 0.205. The van der Waals surface area contributed by atoms with Gasteiger partial charge in [0.05, 0.1) is 16.6 Å². The van der Waals surface area contributed by atoms with E-state index in [2.05, 4.69) is 88.1 Å². The molecule has 6 aromatic rings. The van der Waals surface area contributed by atoms with Gasteiger partial charge in [0.15, 0.2) is 5.82 Å². The normalized spacial score (nSPS) is 12.6. The second kappa shape index (κ2) is 9.81. The molecule has 0 aliphatic heterocycles. The molecule has 1 atom stereocenters. The van der Waals surface area contributed by atoms with E-state index in [1.54, 1.807) is 0 Å². The summed E-state index contributed by atoms with van der Waals surface area (Å²) in [6, 6.07) is 25.9. The van der Waals surface area contributed by atoms with Crippen molar-refractivity contribution in [2.45, 2.75) is 26.8 Å². The van der Waals surface area contributed by atoms with E-state index in [0.717, 1.165) is 52.0 Å². The maximum Gasteiger partial charge on any atom is 0.159 e. The van der Waals surface area contributed by atoms with Crippen molar-refractivity contribution in [3.8, 4) is 22.6 Å². The maximum absolute atomic E-state index is 9.30. The van der Waals surface area contributed by atoms with Crippen molar-refractivity contribution in [2.24, 2.45) is 5.92 Å². The number of hydrogen-bond donors (Lipinski definition) is 4. The molecule has 0 aliphatic rings. The summed E-state index contributed by atoms with van der Waals surface area (Å²) in [5.74, 6) is 0.968. The topological polar surface area (TPSA) is 89.6 Å². The van der Waals surface area contributed by atoms with Gasteiger partial charge in [-0.1, -0.05) is 68.4 Å². The largest absolute Gasteiger partial charge is 0.396 e. The van der Waals surface area contributed by atoms with Crippen LogP contribution in [0.15, 0.2) is 72.8 Å². The molecule has 2 heterocycles. The third-order valence-electron chi connectivity index (χ3n) is 7.14. The number of nitrogens with one attached hydrogen (secondary N) is 3. The fourth-order valence-corrected chi connectivity index (χ4v) is 5.04. The van der Waals surface area contributed by atoms with Gasteiger partial charge in [-0.2, -0.15) is 5.10 Å². The lowest BCUT2D eigenvalue weighted by molar-refractivity contribution is 0.233. The first-order valence-electron chi connectivity index (χ1n) is 12.9. The number of imidazole rings is 1. The number of fused-ring (bicyclic) bond motifs is 3. The molecule has 0 saturated carbocycles. The zero-order valence-corrected chi connectivity index (χ0v) is 21.2. The number of benzene rings is 4. The molecule has 37 heavy (non-hydrogen) atoms. The highest BCUT2D eigenvalue weighted by molar-refractivity contribution is 6.01. The van der Waals surface area contributed by atoms with Crippen LogP contribution in [0.3, 0.4) is 0 Å². The van der Waals surface area contributed by atoms with E-state index < -0.39 is 0 Å². The molecular formula is C31H31N5O. The minimum atomic E-state index is 0.177. The van der Waals surface area contributed by atoms with Crippen molar-refractivity contribution in [2.75, 3.05) is 13.2 Å². The Bertz CT molecular complexity index is 1710. The number of aliphatic hydroxyl groups is 1. The molecule has 6 nitrogen and oxygen atoms in total. The summed E-state index contributed by atoms with van der Waals surface area (Å²) in [5, 5.41) is 24.1. The molecule has 0 fully saturated rings. The lowest BCUT2D eigenvalue weighted by atomic mass is 9.94. The monoisotopic (exact) mass is 489 g/mol. The van der Waals surface area contributed by atoms with Crippen LogP contribution < -0.4 is 5.32 Å². The maximum atomic E-state index is 9.30. The number of nitrogens with zero attached hydrogens (tertiary/aromatic N) is 2. The summed E-state index contributed by atoms with van der Waals surface area (Å²) in [6.45, 7) is 5.85. The molecule has 2 aromatic heterocycles. The molecule has 0 saturated heterocycles. The van der Waals surface area contributed by atoms with Gasteiger partial charge in [0, 0.05) is 25.1 Å². The lowest BCUT2D eigenvalue weighted by Crippen LogP contribution is -2.22. The molecule has 1 unspecified atom stereocenters. The number of aliphatic hydroxyl groups excluding tert-OH is 1. The lowest BCUT2D eigenvalue weighted by Gasteiger charge is -2.10. The first-order chi connectivity index (χ1) is 18.1. The van der Waals surface area contributed by atoms with Gasteiger partial charge in [0.25, 0.3) is 0 Å². The Morgan fingerprint density at radius 3 is 2.70 bits per heavy atom. The third kappa shape index (κ3) is 4.39. The van der Waals surface area contributed by atoms with Crippen LogP contribution in [0, 0.1) is 5.92 Å². The Morgan fingerprint density at radius 2 is 1.84 bits per heavy atom. The first kappa shape index (κ1) is 23.4. The molecule has 0 amide bonds. The van der Waals surface area contributed by atoms with Gasteiger partial charge >= 0.3 is 0 Å². The predicted molar refractivity (Wildman–Crippen MR) is 151 cm³/mol. The zero-order valence-electron chi connectivity index (χ0n) is 21.2. The number of H-pyrrole nitrogens is 2. The van der Waals surface area contributed by atoms with E-state index in [-0.39, 0.29) is 12.5 Å². The van der Waals surface area contributed by atoms with Gasteiger partial charge in [-0.25, -0.2) is 4.98 Å². The van der Waals surface area contributed by atoms with Crippen LogP contribution in [0.25, 0.3) is 55.4 Å². The summed E-state index contributed by atoms with van der Waals surface area (Å²) in [4.78, 5) is 8.46. The standard InChI is InChI=1S/C31H31N5O/c1-3-20-13-21-7-4-5-9-24(21)25(14-20)22-11-12-27-26(15-22)30(36-35-27)31-33-28-10-6-8-23(29(28)34-31)17-32-16-19(2)18-37/h4-15,19,32,37H,3,16-18H2,1-2H3,(H,33,34)(H,35,36). The smallest absolute Gasteiger partial charge is 0.159 e. The van der Waals surface area contributed by atoms with E-state index in [0.29, 0.717) is 6.54 Å². The van der Waals surface area contributed by atoms with Crippen molar-refractivity contribution in [1.82, 2.24) is 25.5 Å². The summed E-state index contributed by atoms with van der Waals surface area (Å²) in [5.41, 5.74) is 8.57. The molecule has 0 radical (unpaired) electrons. The van der Waals surface area contributed by atoms with Crippen LogP contribution in [-0.2, 0) is 13.0 Å². The van der Waals surface area contributed by atoms with E-state index >= 15 is 0 Å². The molecule has 4 N–H and O–H groups in total. The number of aromatic nitrogens is 4. The third-order valence-corrected chi connectivity index (χ3v) is 7.14. The Balaban J connectivity index is 1.42. The summed E-state index contributed by atoms with van der Waals surface area (Å²) in [7, 11) is 0. The van der Waals surface area contributed by atoms with Crippen LogP contribution in [-0.4, -0.2) is 38.4 Å². The minimum Gasteiger partial charge on any atom is -0.396 e. The highest BCUT2D eigenvalue weighted by Crippen LogP contribution is 2.35. The summed E-state index contributed by atoms with van der Waals surface area (Å²) < 4.78 is 0. The van der Waals surface area contributed by atoms with Gasteiger partial charge in [-0.05, 0) is 63.6 Å². The number of aryl methyl sites for hydroxylation is 1. The van der Waals surface area contributed by atoms with Crippen molar-refractivity contribution < 1.29 is 5.11 Å². The van der Waals surface area contributed by atoms with Gasteiger partial charge in [-0.3, -0.25) is 5.10 Å². The summed E-state index contributed by atoms with van der Waals surface area (Å²) in [6.07, 6.45) is 0.992. The highest BCUT2D eigenvalue weighted by Gasteiger charge is 2.16. The second-order valence-electron chi connectivity index (χ2n) is 9.87. The van der Waals surface area contributed by atoms with Crippen molar-refractivity contribution >= 4 is 32.7 Å². The molecule has 6 rings (SSSR count). The predicted octanol–water partition coefficient (Wildman–Crippen LogP) is 6.21. The summed E-state index contributed by atoms with van der Waals surface area (Å²) >= 11 is 0. The molecule has 4 aromatic carbocycles. The van der Waals surface area contributed by atoms with Gasteiger partial charge in [0.2, 0.25) is 0 Å². The highest BCUT2D eigenvalue weighted by atomic mass is 16.3.